The summed E-state index contributed by atoms with van der Waals surface area (Å²) in [6.07, 6.45) is 0. The first-order valence-corrected chi connectivity index (χ1v) is 9.15. The number of thiazole rings is 1. The van der Waals surface area contributed by atoms with Crippen LogP contribution in [0, 0.1) is 17.0 Å². The molecule has 0 saturated heterocycles. The molecule has 2 aromatic carbocycles. The molecule has 1 unspecified atom stereocenters. The molecular weight excluding hydrogens is 382 g/mol. The van der Waals surface area contributed by atoms with Crippen molar-refractivity contribution >= 4 is 44.2 Å². The number of anilines is 1. The van der Waals surface area contributed by atoms with Gasteiger partial charge in [-0.15, -0.1) is 0 Å². The van der Waals surface area contributed by atoms with Crippen LogP contribution >= 0.6 is 11.3 Å². The third-order valence-electron chi connectivity index (χ3n) is 3.99. The molecule has 0 saturated carbocycles. The van der Waals surface area contributed by atoms with Gasteiger partial charge in [0.15, 0.2) is 5.13 Å². The number of carbonyl (C=O) groups excluding carboxylic acids is 2. The van der Waals surface area contributed by atoms with Gasteiger partial charge < -0.3 is 5.32 Å². The van der Waals surface area contributed by atoms with E-state index in [9.17, 15) is 19.7 Å². The number of hydrazine groups is 1. The minimum atomic E-state index is -0.768. The number of aryl methyl sites for hydroxylation is 1. The number of nitrogens with one attached hydrogen (secondary N) is 3. The van der Waals surface area contributed by atoms with Gasteiger partial charge in [-0.3, -0.25) is 30.6 Å². The lowest BCUT2D eigenvalue weighted by Crippen LogP contribution is -2.47. The van der Waals surface area contributed by atoms with Gasteiger partial charge in [-0.05, 0) is 32.0 Å². The topological polar surface area (TPSA) is 126 Å². The Bertz CT molecular complexity index is 1030. The van der Waals surface area contributed by atoms with Crippen molar-refractivity contribution in [2.45, 2.75) is 19.9 Å². The summed E-state index contributed by atoms with van der Waals surface area (Å²) < 4.78 is 0.984. The number of hydrogen-bond acceptors (Lipinski definition) is 7. The number of fused-ring (bicyclic) bond motifs is 1. The number of para-hydroxylation sites is 2. The number of nitro benzene ring substituents is 1. The first kappa shape index (κ1) is 19.2. The van der Waals surface area contributed by atoms with E-state index >= 15 is 0 Å². The van der Waals surface area contributed by atoms with Crippen molar-refractivity contribution < 1.29 is 14.5 Å². The van der Waals surface area contributed by atoms with Crippen LogP contribution < -0.4 is 16.2 Å². The van der Waals surface area contributed by atoms with E-state index in [2.05, 4.69) is 21.2 Å². The molecule has 1 aromatic heterocycles. The lowest BCUT2D eigenvalue weighted by molar-refractivity contribution is -0.385. The van der Waals surface area contributed by atoms with Crippen molar-refractivity contribution in [3.63, 3.8) is 0 Å². The van der Waals surface area contributed by atoms with Crippen LogP contribution in [0.5, 0.6) is 0 Å². The third-order valence-corrected chi connectivity index (χ3v) is 4.96. The van der Waals surface area contributed by atoms with E-state index in [0.717, 1.165) is 10.2 Å². The fourth-order valence-corrected chi connectivity index (χ4v) is 3.52. The first-order valence-electron chi connectivity index (χ1n) is 8.33. The second-order valence-electron chi connectivity index (χ2n) is 6.02. The van der Waals surface area contributed by atoms with Crippen LogP contribution in [-0.2, 0) is 4.79 Å². The summed E-state index contributed by atoms with van der Waals surface area (Å²) in [5, 5.41) is 14.7. The van der Waals surface area contributed by atoms with Crippen molar-refractivity contribution in [2.75, 3.05) is 5.32 Å². The zero-order chi connectivity index (χ0) is 20.3. The Morgan fingerprint density at radius 2 is 1.89 bits per heavy atom. The molecule has 3 rings (SSSR count). The molecule has 0 aliphatic rings. The molecule has 9 nitrogen and oxygen atoms in total. The largest absolute Gasteiger partial charge is 0.350 e. The number of rotatable bonds is 5. The van der Waals surface area contributed by atoms with Crippen LogP contribution in [0.1, 0.15) is 22.8 Å². The van der Waals surface area contributed by atoms with Crippen LogP contribution in [0.15, 0.2) is 42.5 Å². The van der Waals surface area contributed by atoms with E-state index in [0.29, 0.717) is 10.7 Å². The first-order chi connectivity index (χ1) is 13.4. The third kappa shape index (κ3) is 4.07. The summed E-state index contributed by atoms with van der Waals surface area (Å²) in [4.78, 5) is 39.5. The van der Waals surface area contributed by atoms with Crippen molar-refractivity contribution in [2.24, 2.45) is 0 Å². The van der Waals surface area contributed by atoms with Crippen molar-refractivity contribution in [1.82, 2.24) is 15.8 Å². The number of nitrogens with zero attached hydrogens (tertiary/aromatic N) is 2. The average molecular weight is 399 g/mol. The lowest BCUT2D eigenvalue weighted by Gasteiger charge is -2.14. The molecule has 1 heterocycles. The highest BCUT2D eigenvalue weighted by Gasteiger charge is 2.23. The van der Waals surface area contributed by atoms with Gasteiger partial charge in [0.2, 0.25) is 0 Å². The van der Waals surface area contributed by atoms with Gasteiger partial charge in [-0.1, -0.05) is 35.6 Å². The van der Waals surface area contributed by atoms with Crippen molar-refractivity contribution in [3.8, 4) is 0 Å². The fraction of sp³-hybridized carbons (Fsp3) is 0.167. The van der Waals surface area contributed by atoms with Gasteiger partial charge in [0.25, 0.3) is 17.5 Å². The van der Waals surface area contributed by atoms with Crippen LogP contribution in [-0.4, -0.2) is 27.8 Å². The molecule has 0 aliphatic heterocycles. The smallest absolute Gasteiger partial charge is 0.285 e. The Kier molecular flexibility index (Phi) is 5.50. The summed E-state index contributed by atoms with van der Waals surface area (Å²) in [7, 11) is 0. The Balaban J connectivity index is 1.62. The molecule has 0 bridgehead atoms. The highest BCUT2D eigenvalue weighted by Crippen LogP contribution is 2.26. The Morgan fingerprint density at radius 1 is 1.14 bits per heavy atom. The SMILES string of the molecule is Cc1cccc(C(=O)NNC(=O)C(C)Nc2nc3ccccc3s2)c1[N+](=O)[O-]. The van der Waals surface area contributed by atoms with Gasteiger partial charge in [-0.2, -0.15) is 0 Å². The molecule has 3 N–H and O–H groups in total. The maximum absolute atomic E-state index is 12.3. The quantitative estimate of drug-likeness (QED) is 0.447. The van der Waals surface area contributed by atoms with E-state index < -0.39 is 22.8 Å². The van der Waals surface area contributed by atoms with E-state index in [1.54, 1.807) is 6.92 Å². The molecule has 0 spiro atoms. The van der Waals surface area contributed by atoms with Crippen LogP contribution in [0.25, 0.3) is 10.2 Å². The summed E-state index contributed by atoms with van der Waals surface area (Å²) in [5.41, 5.74) is 5.24. The van der Waals surface area contributed by atoms with Crippen molar-refractivity contribution in [3.05, 3.63) is 63.7 Å². The summed E-state index contributed by atoms with van der Waals surface area (Å²) >= 11 is 1.41. The Morgan fingerprint density at radius 3 is 2.61 bits per heavy atom. The van der Waals surface area contributed by atoms with Crippen LogP contribution in [0.2, 0.25) is 0 Å². The second-order valence-corrected chi connectivity index (χ2v) is 7.05. The monoisotopic (exact) mass is 399 g/mol. The van der Waals surface area contributed by atoms with Crippen LogP contribution in [0.3, 0.4) is 0 Å². The molecule has 0 radical (unpaired) electrons. The van der Waals surface area contributed by atoms with E-state index in [1.807, 2.05) is 24.3 Å². The summed E-state index contributed by atoms with van der Waals surface area (Å²) in [6.45, 7) is 3.15. The number of hydrogen-bond donors (Lipinski definition) is 3. The predicted octanol–water partition coefficient (Wildman–Crippen LogP) is 2.77. The van der Waals surface area contributed by atoms with Crippen LogP contribution in [0.4, 0.5) is 10.8 Å². The summed E-state index contributed by atoms with van der Waals surface area (Å²) in [5.74, 6) is -1.28. The van der Waals surface area contributed by atoms with Gasteiger partial charge in [0.05, 0.1) is 15.1 Å². The number of carbonyl (C=O) groups is 2. The zero-order valence-corrected chi connectivity index (χ0v) is 15.9. The second kappa shape index (κ2) is 8.01. The number of benzene rings is 2. The minimum absolute atomic E-state index is 0.128. The lowest BCUT2D eigenvalue weighted by atomic mass is 10.1. The zero-order valence-electron chi connectivity index (χ0n) is 15.1. The molecule has 144 valence electrons. The van der Waals surface area contributed by atoms with E-state index in [-0.39, 0.29) is 11.3 Å². The number of aromatic nitrogens is 1. The minimum Gasteiger partial charge on any atom is -0.350 e. The van der Waals surface area contributed by atoms with Gasteiger partial charge >= 0.3 is 0 Å². The summed E-state index contributed by atoms with van der Waals surface area (Å²) in [6, 6.07) is 11.3. The number of amides is 2. The highest BCUT2D eigenvalue weighted by atomic mass is 32.1. The van der Waals surface area contributed by atoms with Gasteiger partial charge in [-0.25, -0.2) is 4.98 Å². The van der Waals surface area contributed by atoms with E-state index in [1.165, 1.54) is 36.5 Å². The molecular formula is C18H17N5O4S. The fourth-order valence-electron chi connectivity index (χ4n) is 2.56. The average Bonchev–Trinajstić information content (AvgIpc) is 3.07. The highest BCUT2D eigenvalue weighted by molar-refractivity contribution is 7.22. The molecule has 0 aliphatic carbocycles. The Hall–Kier alpha value is -3.53. The van der Waals surface area contributed by atoms with Crippen molar-refractivity contribution in [1.29, 1.82) is 0 Å². The predicted molar refractivity (Wildman–Crippen MR) is 106 cm³/mol. The molecule has 2 amide bonds. The molecule has 28 heavy (non-hydrogen) atoms. The van der Waals surface area contributed by atoms with Gasteiger partial charge in [0, 0.05) is 5.56 Å². The molecule has 10 heteroatoms. The standard InChI is InChI=1S/C18H17N5O4S/c1-10-6-5-7-12(15(10)23(26)27)17(25)22-21-16(24)11(2)19-18-20-13-8-3-4-9-14(13)28-18/h3-9,11H,1-2H3,(H,19,20)(H,21,24)(H,22,25). The maximum atomic E-state index is 12.3. The molecule has 0 fully saturated rings. The normalized spacial score (nSPS) is 11.6. The molecule has 1 atom stereocenters. The van der Waals surface area contributed by atoms with Gasteiger partial charge in [0.1, 0.15) is 11.6 Å². The molecule has 3 aromatic rings. The van der Waals surface area contributed by atoms with E-state index in [4.69, 9.17) is 0 Å². The Labute approximate surface area is 163 Å². The number of nitro groups is 1. The maximum Gasteiger partial charge on any atom is 0.285 e.